The minimum Gasteiger partial charge on any atom is -0.494 e. The summed E-state index contributed by atoms with van der Waals surface area (Å²) in [7, 11) is 0. The van der Waals surface area contributed by atoms with E-state index in [2.05, 4.69) is 41.7 Å². The molecule has 0 aliphatic carbocycles. The predicted octanol–water partition coefficient (Wildman–Crippen LogP) is 4.74. The van der Waals surface area contributed by atoms with E-state index in [9.17, 15) is 4.79 Å². The number of ether oxygens (including phenoxy) is 2. The Hall–Kier alpha value is -3.60. The monoisotopic (exact) mass is 388 g/mol. The van der Waals surface area contributed by atoms with Gasteiger partial charge in [0.1, 0.15) is 18.1 Å². The summed E-state index contributed by atoms with van der Waals surface area (Å²) in [4.78, 5) is 12.1. The average molecular weight is 388 g/mol. The second-order valence-electron chi connectivity index (χ2n) is 6.50. The molecule has 0 heterocycles. The van der Waals surface area contributed by atoms with E-state index in [0.29, 0.717) is 18.8 Å². The van der Waals surface area contributed by atoms with Gasteiger partial charge < -0.3 is 9.47 Å². The van der Waals surface area contributed by atoms with Crippen LogP contribution in [0.4, 0.5) is 0 Å². The second kappa shape index (κ2) is 10.1. The minimum absolute atomic E-state index is 0.276. The highest BCUT2D eigenvalue weighted by Crippen LogP contribution is 2.14. The van der Waals surface area contributed by atoms with Crippen LogP contribution in [0.15, 0.2) is 77.9 Å². The fourth-order valence-electron chi connectivity index (χ4n) is 2.60. The summed E-state index contributed by atoms with van der Waals surface area (Å²) in [5.41, 5.74) is 6.25. The van der Waals surface area contributed by atoms with E-state index in [1.165, 1.54) is 5.56 Å². The van der Waals surface area contributed by atoms with E-state index in [1.54, 1.807) is 30.5 Å². The van der Waals surface area contributed by atoms with E-state index in [1.807, 2.05) is 31.2 Å². The lowest BCUT2D eigenvalue weighted by molar-refractivity contribution is 0.0955. The van der Waals surface area contributed by atoms with Crippen LogP contribution in [-0.4, -0.2) is 18.7 Å². The topological polar surface area (TPSA) is 59.9 Å². The number of benzene rings is 3. The van der Waals surface area contributed by atoms with Crippen molar-refractivity contribution in [2.45, 2.75) is 20.5 Å². The summed E-state index contributed by atoms with van der Waals surface area (Å²) < 4.78 is 11.2. The molecule has 0 saturated carbocycles. The van der Waals surface area contributed by atoms with Crippen LogP contribution >= 0.6 is 0 Å². The third-order valence-corrected chi connectivity index (χ3v) is 4.21. The zero-order chi connectivity index (χ0) is 20.5. The van der Waals surface area contributed by atoms with E-state index in [4.69, 9.17) is 9.47 Å². The van der Waals surface area contributed by atoms with Crippen molar-refractivity contribution in [2.24, 2.45) is 5.10 Å². The first-order valence-electron chi connectivity index (χ1n) is 9.48. The standard InChI is InChI=1S/C24H24N2O3/c1-3-28-22-14-10-21(11-15-22)24(27)26-25-16-19-8-12-23(13-9-19)29-17-20-6-4-18(2)5-7-20/h4-16H,3,17H2,1-2H3,(H,26,27)/b25-16+. The molecule has 0 unspecified atom stereocenters. The number of carbonyl (C=O) groups excluding carboxylic acids is 1. The largest absolute Gasteiger partial charge is 0.494 e. The summed E-state index contributed by atoms with van der Waals surface area (Å²) in [6.07, 6.45) is 1.59. The van der Waals surface area contributed by atoms with Gasteiger partial charge in [-0.1, -0.05) is 29.8 Å². The van der Waals surface area contributed by atoms with Crippen molar-refractivity contribution in [3.63, 3.8) is 0 Å². The first kappa shape index (κ1) is 20.1. The Labute approximate surface area is 171 Å². The number of rotatable bonds is 8. The molecule has 0 bridgehead atoms. The van der Waals surface area contributed by atoms with Crippen LogP contribution in [0.2, 0.25) is 0 Å². The van der Waals surface area contributed by atoms with Crippen LogP contribution < -0.4 is 14.9 Å². The van der Waals surface area contributed by atoms with Crippen molar-refractivity contribution in [2.75, 3.05) is 6.61 Å². The lowest BCUT2D eigenvalue weighted by atomic mass is 10.2. The van der Waals surface area contributed by atoms with E-state index in [0.717, 1.165) is 22.6 Å². The Kier molecular flexibility index (Phi) is 7.00. The predicted molar refractivity (Wildman–Crippen MR) is 115 cm³/mol. The van der Waals surface area contributed by atoms with Crippen molar-refractivity contribution in [1.82, 2.24) is 5.43 Å². The highest BCUT2D eigenvalue weighted by atomic mass is 16.5. The third kappa shape index (κ3) is 6.21. The molecule has 5 nitrogen and oxygen atoms in total. The van der Waals surface area contributed by atoms with Crippen molar-refractivity contribution in [1.29, 1.82) is 0 Å². The van der Waals surface area contributed by atoms with Gasteiger partial charge in [0, 0.05) is 5.56 Å². The molecule has 1 amide bonds. The molecule has 5 heteroatoms. The van der Waals surface area contributed by atoms with Gasteiger partial charge in [-0.25, -0.2) is 5.43 Å². The Bertz CT molecular complexity index is 947. The molecule has 0 spiro atoms. The molecule has 0 radical (unpaired) electrons. The maximum atomic E-state index is 12.1. The van der Waals surface area contributed by atoms with Gasteiger partial charge in [0.05, 0.1) is 12.8 Å². The van der Waals surface area contributed by atoms with E-state index >= 15 is 0 Å². The summed E-state index contributed by atoms with van der Waals surface area (Å²) >= 11 is 0. The van der Waals surface area contributed by atoms with Gasteiger partial charge in [-0.15, -0.1) is 0 Å². The molecule has 1 N–H and O–H groups in total. The van der Waals surface area contributed by atoms with E-state index in [-0.39, 0.29) is 5.91 Å². The quantitative estimate of drug-likeness (QED) is 0.448. The van der Waals surface area contributed by atoms with Crippen LogP contribution in [0.5, 0.6) is 11.5 Å². The normalized spacial score (nSPS) is 10.7. The number of amides is 1. The first-order chi connectivity index (χ1) is 14.1. The zero-order valence-corrected chi connectivity index (χ0v) is 16.6. The number of nitrogens with one attached hydrogen (secondary N) is 1. The van der Waals surface area contributed by atoms with Crippen LogP contribution in [-0.2, 0) is 6.61 Å². The summed E-state index contributed by atoms with van der Waals surface area (Å²) in [6, 6.07) is 22.7. The van der Waals surface area contributed by atoms with Crippen molar-refractivity contribution < 1.29 is 14.3 Å². The van der Waals surface area contributed by atoms with E-state index < -0.39 is 0 Å². The molecule has 0 aliphatic rings. The lowest BCUT2D eigenvalue weighted by Crippen LogP contribution is -2.17. The fraction of sp³-hybridized carbons (Fsp3) is 0.167. The summed E-state index contributed by atoms with van der Waals surface area (Å²) in [6.45, 7) is 5.08. The molecule has 0 atom stereocenters. The van der Waals surface area contributed by atoms with Crippen molar-refractivity contribution in [3.8, 4) is 11.5 Å². The van der Waals surface area contributed by atoms with Gasteiger partial charge in [0.25, 0.3) is 5.91 Å². The molecule has 3 aromatic carbocycles. The SMILES string of the molecule is CCOc1ccc(C(=O)N/N=C/c2ccc(OCc3ccc(C)cc3)cc2)cc1. The number of carbonyl (C=O) groups is 1. The lowest BCUT2D eigenvalue weighted by Gasteiger charge is -2.07. The van der Waals surface area contributed by atoms with Gasteiger partial charge in [0.2, 0.25) is 0 Å². The average Bonchev–Trinajstić information content (AvgIpc) is 2.75. The molecule has 0 aromatic heterocycles. The van der Waals surface area contributed by atoms with Gasteiger partial charge >= 0.3 is 0 Å². The third-order valence-electron chi connectivity index (χ3n) is 4.21. The molecule has 29 heavy (non-hydrogen) atoms. The maximum Gasteiger partial charge on any atom is 0.271 e. The maximum absolute atomic E-state index is 12.1. The number of aryl methyl sites for hydroxylation is 1. The first-order valence-corrected chi connectivity index (χ1v) is 9.48. The minimum atomic E-state index is -0.276. The smallest absolute Gasteiger partial charge is 0.271 e. The molecule has 0 fully saturated rings. The Morgan fingerprint density at radius 3 is 2.17 bits per heavy atom. The highest BCUT2D eigenvalue weighted by Gasteiger charge is 2.04. The molecule has 0 saturated heterocycles. The number of hydrogen-bond acceptors (Lipinski definition) is 4. The van der Waals surface area contributed by atoms with Crippen LogP contribution in [0.3, 0.4) is 0 Å². The van der Waals surface area contributed by atoms with Crippen molar-refractivity contribution >= 4 is 12.1 Å². The summed E-state index contributed by atoms with van der Waals surface area (Å²) in [5.74, 6) is 1.24. The molecule has 0 aliphatic heterocycles. The van der Waals surface area contributed by atoms with Crippen LogP contribution in [0, 0.1) is 6.92 Å². The highest BCUT2D eigenvalue weighted by molar-refractivity contribution is 5.95. The Morgan fingerprint density at radius 2 is 1.52 bits per heavy atom. The van der Waals surface area contributed by atoms with Crippen LogP contribution in [0.1, 0.15) is 34.0 Å². The fourth-order valence-corrected chi connectivity index (χ4v) is 2.60. The summed E-state index contributed by atoms with van der Waals surface area (Å²) in [5, 5.41) is 4.01. The van der Waals surface area contributed by atoms with Gasteiger partial charge in [-0.3, -0.25) is 4.79 Å². The Morgan fingerprint density at radius 1 is 0.897 bits per heavy atom. The van der Waals surface area contributed by atoms with Gasteiger partial charge in [-0.05, 0) is 73.5 Å². The second-order valence-corrected chi connectivity index (χ2v) is 6.50. The number of hydrogen-bond donors (Lipinski definition) is 1. The van der Waals surface area contributed by atoms with Gasteiger partial charge in [0.15, 0.2) is 0 Å². The van der Waals surface area contributed by atoms with Crippen LogP contribution in [0.25, 0.3) is 0 Å². The molecular formula is C24H24N2O3. The number of hydrazone groups is 1. The Balaban J connectivity index is 1.49. The molecule has 3 rings (SSSR count). The number of nitrogens with zero attached hydrogens (tertiary/aromatic N) is 1. The van der Waals surface area contributed by atoms with Crippen molar-refractivity contribution in [3.05, 3.63) is 95.1 Å². The zero-order valence-electron chi connectivity index (χ0n) is 16.6. The molecule has 3 aromatic rings. The van der Waals surface area contributed by atoms with Gasteiger partial charge in [-0.2, -0.15) is 5.10 Å². The molecule has 148 valence electrons. The molecular weight excluding hydrogens is 364 g/mol.